The molecule has 8 nitrogen and oxygen atoms in total. The predicted molar refractivity (Wildman–Crippen MR) is 175 cm³/mol. The van der Waals surface area contributed by atoms with Crippen LogP contribution in [0.1, 0.15) is 78.6 Å². The molecule has 1 aromatic carbocycles. The van der Waals surface area contributed by atoms with Crippen LogP contribution in [0.5, 0.6) is 0 Å². The van der Waals surface area contributed by atoms with Crippen LogP contribution in [-0.4, -0.2) is 55.2 Å². The second kappa shape index (κ2) is 12.2. The lowest BCUT2D eigenvalue weighted by atomic mass is 9.74. The molecule has 1 amide bonds. The molecule has 1 aliphatic heterocycles. The van der Waals surface area contributed by atoms with E-state index >= 15 is 0 Å². The van der Waals surface area contributed by atoms with Crippen LogP contribution >= 0.6 is 23.2 Å². The molecule has 234 valence electrons. The van der Waals surface area contributed by atoms with Crippen LogP contribution in [0.4, 0.5) is 10.7 Å². The number of carbonyl (C=O) groups is 1. The molecule has 1 unspecified atom stereocenters. The van der Waals surface area contributed by atoms with Crippen LogP contribution in [0.25, 0.3) is 11.1 Å². The predicted octanol–water partition coefficient (Wildman–Crippen LogP) is 8.29. The van der Waals surface area contributed by atoms with Gasteiger partial charge in [-0.1, -0.05) is 56.1 Å². The number of nitrogens with zero attached hydrogens (tertiary/aromatic N) is 4. The summed E-state index contributed by atoms with van der Waals surface area (Å²) in [5, 5.41) is 14.1. The van der Waals surface area contributed by atoms with Crippen molar-refractivity contribution in [1.82, 2.24) is 15.3 Å². The SMILES string of the molecule is Cc1nc(N2CCC3(CC2)CC(O[Si](C)(C)C(C)(C)C)C[C@H]3NC(=O)OC(C)(C)C)nc(C#N)c1-c1cccc(Cl)c1Cl. The third kappa shape index (κ3) is 7.30. The van der Waals surface area contributed by atoms with Crippen molar-refractivity contribution in [2.45, 2.75) is 110 Å². The minimum atomic E-state index is -2.00. The topological polar surface area (TPSA) is 100 Å². The van der Waals surface area contributed by atoms with Gasteiger partial charge in [0.25, 0.3) is 0 Å². The third-order valence-corrected chi connectivity index (χ3v) is 14.6. The molecule has 2 fully saturated rings. The molecule has 0 bridgehead atoms. The number of anilines is 1. The van der Waals surface area contributed by atoms with Gasteiger partial charge in [0.1, 0.15) is 11.7 Å². The molecule has 2 atom stereocenters. The highest BCUT2D eigenvalue weighted by Crippen LogP contribution is 2.50. The van der Waals surface area contributed by atoms with Crippen molar-refractivity contribution in [3.8, 4) is 17.2 Å². The molecule has 2 aliphatic rings. The summed E-state index contributed by atoms with van der Waals surface area (Å²) in [4.78, 5) is 24.6. The molecule has 0 radical (unpaired) electrons. The van der Waals surface area contributed by atoms with Gasteiger partial charge in [0.05, 0.1) is 15.7 Å². The van der Waals surface area contributed by atoms with Gasteiger partial charge in [0, 0.05) is 36.4 Å². The lowest BCUT2D eigenvalue weighted by Gasteiger charge is -2.43. The standard InChI is InChI=1S/C32H45Cl2N5O3Si/c1-20-26(22-11-10-12-23(33)27(22)34)24(19-35)37-28(36-20)39-15-13-32(14-16-39)18-21(42-43(8,9)31(5,6)7)17-25(32)38-29(40)41-30(2,3)4/h10-12,21,25H,13-18H2,1-9H3,(H,38,40)/t21?,25-/m1/s1. The molecule has 1 aliphatic carbocycles. The molecule has 43 heavy (non-hydrogen) atoms. The number of halogens is 2. The lowest BCUT2D eigenvalue weighted by molar-refractivity contribution is 0.0441. The number of alkyl carbamates (subject to hydrolysis) is 1. The fraction of sp³-hybridized carbons (Fsp3) is 0.625. The van der Waals surface area contributed by atoms with Crippen molar-refractivity contribution in [1.29, 1.82) is 5.26 Å². The number of aryl methyl sites for hydroxylation is 1. The van der Waals surface area contributed by atoms with Gasteiger partial charge in [-0.05, 0) is 83.0 Å². The van der Waals surface area contributed by atoms with Gasteiger partial charge in [-0.2, -0.15) is 5.26 Å². The summed E-state index contributed by atoms with van der Waals surface area (Å²) < 4.78 is 12.5. The Balaban J connectivity index is 1.58. The van der Waals surface area contributed by atoms with Gasteiger partial charge >= 0.3 is 6.09 Å². The number of benzene rings is 1. The normalized spacial score (nSPS) is 20.7. The number of aromatic nitrogens is 2. The zero-order chi connectivity index (χ0) is 32.0. The van der Waals surface area contributed by atoms with Crippen molar-refractivity contribution < 1.29 is 14.0 Å². The molecular weight excluding hydrogens is 601 g/mol. The van der Waals surface area contributed by atoms with Crippen LogP contribution in [-0.2, 0) is 9.16 Å². The van der Waals surface area contributed by atoms with E-state index in [1.807, 2.05) is 33.8 Å². The monoisotopic (exact) mass is 645 g/mol. The first-order valence-electron chi connectivity index (χ1n) is 15.0. The molecule has 11 heteroatoms. The summed E-state index contributed by atoms with van der Waals surface area (Å²) in [7, 11) is -2.00. The number of hydrogen-bond acceptors (Lipinski definition) is 7. The first-order valence-corrected chi connectivity index (χ1v) is 18.7. The van der Waals surface area contributed by atoms with Gasteiger partial charge in [-0.25, -0.2) is 14.8 Å². The van der Waals surface area contributed by atoms with E-state index in [0.29, 0.717) is 45.9 Å². The molecule has 2 heterocycles. The van der Waals surface area contributed by atoms with Gasteiger partial charge in [0.2, 0.25) is 5.95 Å². The minimum absolute atomic E-state index is 0.0658. The number of rotatable bonds is 5. The summed E-state index contributed by atoms with van der Waals surface area (Å²) >= 11 is 12.8. The van der Waals surface area contributed by atoms with Crippen LogP contribution in [0.2, 0.25) is 28.2 Å². The molecule has 1 N–H and O–H groups in total. The van der Waals surface area contributed by atoms with Gasteiger partial charge in [-0.15, -0.1) is 0 Å². The van der Waals surface area contributed by atoms with Crippen LogP contribution < -0.4 is 10.2 Å². The zero-order valence-electron chi connectivity index (χ0n) is 26.9. The fourth-order valence-corrected chi connectivity index (χ4v) is 7.80. The van der Waals surface area contributed by atoms with Gasteiger partial charge < -0.3 is 19.4 Å². The minimum Gasteiger partial charge on any atom is -0.444 e. The van der Waals surface area contributed by atoms with E-state index < -0.39 is 13.9 Å². The Labute approximate surface area is 267 Å². The average Bonchev–Trinajstić information content (AvgIpc) is 3.18. The van der Waals surface area contributed by atoms with E-state index in [4.69, 9.17) is 37.3 Å². The van der Waals surface area contributed by atoms with Crippen molar-refractivity contribution in [2.75, 3.05) is 18.0 Å². The highest BCUT2D eigenvalue weighted by molar-refractivity contribution is 6.74. The van der Waals surface area contributed by atoms with Crippen LogP contribution in [0.15, 0.2) is 18.2 Å². The van der Waals surface area contributed by atoms with Crippen molar-refractivity contribution in [3.63, 3.8) is 0 Å². The number of piperidine rings is 1. The van der Waals surface area contributed by atoms with Gasteiger partial charge in [0.15, 0.2) is 14.0 Å². The van der Waals surface area contributed by atoms with E-state index in [2.05, 4.69) is 55.1 Å². The van der Waals surface area contributed by atoms with Crippen molar-refractivity contribution in [3.05, 3.63) is 39.6 Å². The third-order valence-electron chi connectivity index (χ3n) is 9.28. The highest BCUT2D eigenvalue weighted by Gasteiger charge is 2.52. The molecular formula is C32H45Cl2N5O3Si. The molecule has 4 rings (SSSR count). The number of hydrogen-bond donors (Lipinski definition) is 1. The summed E-state index contributed by atoms with van der Waals surface area (Å²) in [6, 6.07) is 7.51. The number of amides is 1. The van der Waals surface area contributed by atoms with Gasteiger partial charge in [-0.3, -0.25) is 0 Å². The lowest BCUT2D eigenvalue weighted by Crippen LogP contribution is -2.51. The highest BCUT2D eigenvalue weighted by atomic mass is 35.5. The summed E-state index contributed by atoms with van der Waals surface area (Å²) in [5.41, 5.74) is 1.45. The molecule has 2 aromatic rings. The number of ether oxygens (including phenoxy) is 1. The maximum absolute atomic E-state index is 12.9. The molecule has 1 aromatic heterocycles. The number of nitriles is 1. The van der Waals surface area contributed by atoms with Crippen molar-refractivity contribution >= 4 is 43.6 Å². The summed E-state index contributed by atoms with van der Waals surface area (Å²) in [6.45, 7) is 20.2. The fourth-order valence-electron chi connectivity index (χ4n) is 6.04. The molecule has 1 saturated heterocycles. The Morgan fingerprint density at radius 2 is 1.79 bits per heavy atom. The Bertz CT molecular complexity index is 1410. The Hall–Kier alpha value is -2.38. The Morgan fingerprint density at radius 1 is 1.14 bits per heavy atom. The zero-order valence-corrected chi connectivity index (χ0v) is 29.4. The average molecular weight is 647 g/mol. The largest absolute Gasteiger partial charge is 0.444 e. The first kappa shape index (κ1) is 33.5. The van der Waals surface area contributed by atoms with Crippen LogP contribution in [0.3, 0.4) is 0 Å². The second-order valence-corrected chi connectivity index (χ2v) is 20.1. The summed E-state index contributed by atoms with van der Waals surface area (Å²) in [5.74, 6) is 0.523. The van der Waals surface area contributed by atoms with E-state index in [1.165, 1.54) is 0 Å². The van der Waals surface area contributed by atoms with E-state index in [1.54, 1.807) is 12.1 Å². The van der Waals surface area contributed by atoms with E-state index in [9.17, 15) is 10.1 Å². The molecule has 1 spiro atoms. The Morgan fingerprint density at radius 3 is 2.37 bits per heavy atom. The Kier molecular flexibility index (Phi) is 9.50. The number of carbonyl (C=O) groups excluding carboxylic acids is 1. The first-order chi connectivity index (χ1) is 19.9. The number of nitrogens with one attached hydrogen (secondary N) is 1. The van der Waals surface area contributed by atoms with E-state index in [0.717, 1.165) is 25.7 Å². The smallest absolute Gasteiger partial charge is 0.407 e. The van der Waals surface area contributed by atoms with E-state index in [-0.39, 0.29) is 34.4 Å². The second-order valence-electron chi connectivity index (χ2n) is 14.5. The maximum Gasteiger partial charge on any atom is 0.407 e. The summed E-state index contributed by atoms with van der Waals surface area (Å²) in [6.07, 6.45) is 2.98. The van der Waals surface area contributed by atoms with Crippen LogP contribution in [0, 0.1) is 23.7 Å². The maximum atomic E-state index is 12.9. The van der Waals surface area contributed by atoms with Crippen molar-refractivity contribution in [2.24, 2.45) is 5.41 Å². The quantitative estimate of drug-likeness (QED) is 0.326. The molecule has 1 saturated carbocycles.